The maximum atomic E-state index is 13.2. The summed E-state index contributed by atoms with van der Waals surface area (Å²) in [7, 11) is 1.52. The number of rotatable bonds is 8. The summed E-state index contributed by atoms with van der Waals surface area (Å²) in [5.41, 5.74) is 0.788. The van der Waals surface area contributed by atoms with E-state index in [1.165, 1.54) is 37.6 Å². The van der Waals surface area contributed by atoms with E-state index < -0.39 is 17.8 Å². The first-order valence-electron chi connectivity index (χ1n) is 11.7. The van der Waals surface area contributed by atoms with Crippen molar-refractivity contribution in [2.45, 2.75) is 25.4 Å². The van der Waals surface area contributed by atoms with E-state index in [-0.39, 0.29) is 24.3 Å². The van der Waals surface area contributed by atoms with Gasteiger partial charge in [0.05, 0.1) is 19.9 Å². The maximum absolute atomic E-state index is 13.2. The number of nitrogens with zero attached hydrogens (tertiary/aromatic N) is 1. The van der Waals surface area contributed by atoms with Gasteiger partial charge in [0.15, 0.2) is 0 Å². The molecule has 0 spiro atoms. The number of furan rings is 1. The standard InChI is InChI=1S/C27H28FN3O5/c1-35-22-5-2-4-20(16-22)25(32)30-24(26(33)29-17-23-6-3-15-36-23)18-11-13-31(14-12-18)27(34)19-7-9-21(28)10-8-19/h2-10,15-16,18,24H,11-14,17H2,1H3,(H,29,33)(H,30,32)/t24-/m1/s1. The Morgan fingerprint density at radius 1 is 1.06 bits per heavy atom. The molecule has 2 aromatic carbocycles. The van der Waals surface area contributed by atoms with Gasteiger partial charge in [0.2, 0.25) is 5.91 Å². The van der Waals surface area contributed by atoms with Crippen LogP contribution in [0.3, 0.4) is 0 Å². The zero-order valence-electron chi connectivity index (χ0n) is 19.9. The molecule has 1 fully saturated rings. The molecular formula is C27H28FN3O5. The molecule has 0 radical (unpaired) electrons. The van der Waals surface area contributed by atoms with Crippen molar-refractivity contribution in [3.8, 4) is 5.75 Å². The van der Waals surface area contributed by atoms with E-state index in [2.05, 4.69) is 10.6 Å². The van der Waals surface area contributed by atoms with Gasteiger partial charge in [0.25, 0.3) is 11.8 Å². The van der Waals surface area contributed by atoms with E-state index in [1.807, 2.05) is 0 Å². The number of likely N-dealkylation sites (tertiary alicyclic amines) is 1. The molecule has 1 saturated heterocycles. The summed E-state index contributed by atoms with van der Waals surface area (Å²) in [6.07, 6.45) is 2.56. The van der Waals surface area contributed by atoms with Crippen LogP contribution in [0.1, 0.15) is 39.3 Å². The minimum atomic E-state index is -0.804. The molecule has 0 aliphatic carbocycles. The van der Waals surface area contributed by atoms with Gasteiger partial charge < -0.3 is 24.7 Å². The van der Waals surface area contributed by atoms with E-state index >= 15 is 0 Å². The van der Waals surface area contributed by atoms with Crippen LogP contribution in [0.4, 0.5) is 4.39 Å². The van der Waals surface area contributed by atoms with Crippen LogP contribution >= 0.6 is 0 Å². The van der Waals surface area contributed by atoms with E-state index in [0.29, 0.717) is 48.6 Å². The summed E-state index contributed by atoms with van der Waals surface area (Å²) in [6, 6.07) is 14.8. The molecule has 36 heavy (non-hydrogen) atoms. The summed E-state index contributed by atoms with van der Waals surface area (Å²) in [4.78, 5) is 40.7. The second kappa shape index (κ2) is 11.5. The molecule has 1 aliphatic rings. The van der Waals surface area contributed by atoms with Gasteiger partial charge in [0, 0.05) is 24.2 Å². The number of carbonyl (C=O) groups excluding carboxylic acids is 3. The lowest BCUT2D eigenvalue weighted by Crippen LogP contribution is -2.53. The molecule has 1 aliphatic heterocycles. The highest BCUT2D eigenvalue weighted by atomic mass is 19.1. The van der Waals surface area contributed by atoms with Crippen molar-refractivity contribution in [1.29, 1.82) is 0 Å². The number of nitrogens with one attached hydrogen (secondary N) is 2. The number of halogens is 1. The van der Waals surface area contributed by atoms with Crippen LogP contribution in [0.2, 0.25) is 0 Å². The SMILES string of the molecule is COc1cccc(C(=O)N[C@@H](C(=O)NCc2ccco2)C2CCN(C(=O)c3ccc(F)cc3)CC2)c1. The fourth-order valence-electron chi connectivity index (χ4n) is 4.29. The van der Waals surface area contributed by atoms with Crippen LogP contribution in [-0.4, -0.2) is 48.9 Å². The average molecular weight is 494 g/mol. The monoisotopic (exact) mass is 493 g/mol. The molecule has 3 aromatic rings. The Bertz CT molecular complexity index is 1190. The molecule has 8 nitrogen and oxygen atoms in total. The van der Waals surface area contributed by atoms with E-state index in [0.717, 1.165) is 0 Å². The quantitative estimate of drug-likeness (QED) is 0.501. The van der Waals surface area contributed by atoms with Gasteiger partial charge in [-0.05, 0) is 73.4 Å². The van der Waals surface area contributed by atoms with Crippen LogP contribution in [-0.2, 0) is 11.3 Å². The molecular weight excluding hydrogens is 465 g/mol. The predicted octanol–water partition coefficient (Wildman–Crippen LogP) is 3.39. The molecule has 9 heteroatoms. The molecule has 4 rings (SSSR count). The molecule has 2 N–H and O–H groups in total. The number of methoxy groups -OCH3 is 1. The van der Waals surface area contributed by atoms with Crippen molar-refractivity contribution in [1.82, 2.24) is 15.5 Å². The highest BCUT2D eigenvalue weighted by molar-refractivity contribution is 5.98. The Labute approximate surface area is 208 Å². The average Bonchev–Trinajstić information content (AvgIpc) is 3.44. The highest BCUT2D eigenvalue weighted by Crippen LogP contribution is 2.23. The van der Waals surface area contributed by atoms with Gasteiger partial charge in [-0.1, -0.05) is 6.07 Å². The fourth-order valence-corrected chi connectivity index (χ4v) is 4.29. The summed E-state index contributed by atoms with van der Waals surface area (Å²) < 4.78 is 23.7. The second-order valence-electron chi connectivity index (χ2n) is 8.62. The van der Waals surface area contributed by atoms with Crippen molar-refractivity contribution in [2.75, 3.05) is 20.2 Å². The first-order chi connectivity index (χ1) is 17.4. The Morgan fingerprint density at radius 2 is 1.81 bits per heavy atom. The molecule has 0 bridgehead atoms. The third kappa shape index (κ3) is 6.10. The van der Waals surface area contributed by atoms with Crippen LogP contribution in [0.5, 0.6) is 5.75 Å². The zero-order chi connectivity index (χ0) is 25.5. The molecule has 0 saturated carbocycles. The lowest BCUT2D eigenvalue weighted by Gasteiger charge is -2.36. The predicted molar refractivity (Wildman–Crippen MR) is 130 cm³/mol. The van der Waals surface area contributed by atoms with Crippen molar-refractivity contribution < 1.29 is 27.9 Å². The Kier molecular flexibility index (Phi) is 7.99. The second-order valence-corrected chi connectivity index (χ2v) is 8.62. The highest BCUT2D eigenvalue weighted by Gasteiger charge is 2.34. The Hall–Kier alpha value is -4.14. The number of ether oxygens (including phenoxy) is 1. The summed E-state index contributed by atoms with van der Waals surface area (Å²) in [5, 5.41) is 5.72. The van der Waals surface area contributed by atoms with Gasteiger partial charge in [-0.25, -0.2) is 4.39 Å². The summed E-state index contributed by atoms with van der Waals surface area (Å²) >= 11 is 0. The molecule has 1 atom stereocenters. The number of amides is 3. The first-order valence-corrected chi connectivity index (χ1v) is 11.7. The maximum Gasteiger partial charge on any atom is 0.253 e. The van der Waals surface area contributed by atoms with Crippen LogP contribution in [0, 0.1) is 11.7 Å². The third-order valence-electron chi connectivity index (χ3n) is 6.31. The topological polar surface area (TPSA) is 101 Å². The van der Waals surface area contributed by atoms with E-state index in [1.54, 1.807) is 41.3 Å². The van der Waals surface area contributed by atoms with Gasteiger partial charge in [-0.3, -0.25) is 14.4 Å². The summed E-state index contributed by atoms with van der Waals surface area (Å²) in [5.74, 6) is -0.362. The Balaban J connectivity index is 1.44. The fraction of sp³-hybridized carbons (Fsp3) is 0.296. The summed E-state index contributed by atoms with van der Waals surface area (Å²) in [6.45, 7) is 1.02. The van der Waals surface area contributed by atoms with Crippen molar-refractivity contribution in [3.05, 3.63) is 89.6 Å². The van der Waals surface area contributed by atoms with Gasteiger partial charge in [-0.2, -0.15) is 0 Å². The van der Waals surface area contributed by atoms with Gasteiger partial charge in [-0.15, -0.1) is 0 Å². The van der Waals surface area contributed by atoms with Crippen LogP contribution in [0.15, 0.2) is 71.3 Å². The number of hydrogen-bond acceptors (Lipinski definition) is 5. The minimum absolute atomic E-state index is 0.187. The number of piperidine rings is 1. The number of hydrogen-bond donors (Lipinski definition) is 2. The molecule has 3 amide bonds. The first kappa shape index (κ1) is 25.0. The lowest BCUT2D eigenvalue weighted by atomic mass is 9.88. The largest absolute Gasteiger partial charge is 0.497 e. The smallest absolute Gasteiger partial charge is 0.253 e. The molecule has 2 heterocycles. The van der Waals surface area contributed by atoms with E-state index in [9.17, 15) is 18.8 Å². The van der Waals surface area contributed by atoms with Crippen molar-refractivity contribution in [2.24, 2.45) is 5.92 Å². The van der Waals surface area contributed by atoms with E-state index in [4.69, 9.17) is 9.15 Å². The third-order valence-corrected chi connectivity index (χ3v) is 6.31. The normalized spacial score (nSPS) is 14.7. The van der Waals surface area contributed by atoms with Gasteiger partial charge >= 0.3 is 0 Å². The van der Waals surface area contributed by atoms with Crippen molar-refractivity contribution >= 4 is 17.7 Å². The van der Waals surface area contributed by atoms with Gasteiger partial charge in [0.1, 0.15) is 23.4 Å². The minimum Gasteiger partial charge on any atom is -0.497 e. The Morgan fingerprint density at radius 3 is 2.47 bits per heavy atom. The molecule has 0 unspecified atom stereocenters. The van der Waals surface area contributed by atoms with Crippen LogP contribution < -0.4 is 15.4 Å². The number of carbonyl (C=O) groups is 3. The lowest BCUT2D eigenvalue weighted by molar-refractivity contribution is -0.124. The molecule has 188 valence electrons. The molecule has 1 aromatic heterocycles. The van der Waals surface area contributed by atoms with Crippen LogP contribution in [0.25, 0.3) is 0 Å². The number of benzene rings is 2. The zero-order valence-corrected chi connectivity index (χ0v) is 19.9. The van der Waals surface area contributed by atoms with Crippen molar-refractivity contribution in [3.63, 3.8) is 0 Å².